The zero-order valence-electron chi connectivity index (χ0n) is 11.3. The Balaban J connectivity index is 2.12. The number of hydrogen-bond acceptors (Lipinski definition) is 4. The van der Waals surface area contributed by atoms with Crippen LogP contribution >= 0.6 is 0 Å². The molecule has 1 aliphatic heterocycles. The molecule has 1 atom stereocenters. The van der Waals surface area contributed by atoms with E-state index in [9.17, 15) is 14.7 Å². The third-order valence-corrected chi connectivity index (χ3v) is 3.09. The van der Waals surface area contributed by atoms with E-state index in [4.69, 9.17) is 4.74 Å². The first-order valence-electron chi connectivity index (χ1n) is 6.52. The van der Waals surface area contributed by atoms with Gasteiger partial charge in [0.15, 0.2) is 5.76 Å². The van der Waals surface area contributed by atoms with Gasteiger partial charge >= 0.3 is 5.97 Å². The second kappa shape index (κ2) is 6.23. The van der Waals surface area contributed by atoms with Crippen LogP contribution in [0.4, 0.5) is 0 Å². The molecule has 0 aliphatic carbocycles. The van der Waals surface area contributed by atoms with Crippen LogP contribution in [0.25, 0.3) is 0 Å². The highest BCUT2D eigenvalue weighted by atomic mass is 16.5. The second-order valence-electron chi connectivity index (χ2n) is 4.58. The van der Waals surface area contributed by atoms with Crippen LogP contribution in [0.3, 0.4) is 0 Å². The summed E-state index contributed by atoms with van der Waals surface area (Å²) in [5.74, 6) is -1.90. The summed E-state index contributed by atoms with van der Waals surface area (Å²) in [6.45, 7) is 2.57. The fourth-order valence-corrected chi connectivity index (χ4v) is 2.13. The molecule has 0 unspecified atom stereocenters. The van der Waals surface area contributed by atoms with Crippen molar-refractivity contribution in [2.75, 3.05) is 13.2 Å². The number of carbonyl (C=O) groups is 2. The molecule has 20 heavy (non-hydrogen) atoms. The van der Waals surface area contributed by atoms with E-state index in [2.05, 4.69) is 0 Å². The molecule has 5 heteroatoms. The molecule has 0 saturated carbocycles. The number of benzene rings is 1. The first kappa shape index (κ1) is 14.1. The van der Waals surface area contributed by atoms with Crippen LogP contribution in [-0.2, 0) is 20.9 Å². The Kier molecular flexibility index (Phi) is 4.40. The number of amides is 1. The fraction of sp³-hybridized carbons (Fsp3) is 0.333. The summed E-state index contributed by atoms with van der Waals surface area (Å²) in [6, 6.07) is 9.43. The Morgan fingerprint density at radius 2 is 2.10 bits per heavy atom. The van der Waals surface area contributed by atoms with Gasteiger partial charge < -0.3 is 14.7 Å². The molecule has 1 heterocycles. The third kappa shape index (κ3) is 3.17. The molecular weight excluding hydrogens is 258 g/mol. The topological polar surface area (TPSA) is 66.8 Å². The van der Waals surface area contributed by atoms with Gasteiger partial charge in [-0.05, 0) is 18.6 Å². The van der Waals surface area contributed by atoms with Crippen molar-refractivity contribution in [3.05, 3.63) is 47.7 Å². The highest BCUT2D eigenvalue weighted by molar-refractivity contribution is 5.94. The largest absolute Gasteiger partial charge is 0.503 e. The van der Waals surface area contributed by atoms with Gasteiger partial charge in [-0.15, -0.1) is 0 Å². The van der Waals surface area contributed by atoms with Gasteiger partial charge in [-0.3, -0.25) is 9.59 Å². The Labute approximate surface area is 117 Å². The molecule has 1 aromatic carbocycles. The molecular formula is C15H17NO4. The lowest BCUT2D eigenvalue weighted by atomic mass is 10.0. The van der Waals surface area contributed by atoms with Gasteiger partial charge in [0.1, 0.15) is 0 Å². The van der Waals surface area contributed by atoms with Crippen LogP contribution in [-0.4, -0.2) is 35.0 Å². The van der Waals surface area contributed by atoms with Crippen molar-refractivity contribution < 1.29 is 19.4 Å². The van der Waals surface area contributed by atoms with Gasteiger partial charge in [0.25, 0.3) is 5.91 Å². The van der Waals surface area contributed by atoms with Gasteiger partial charge in [0, 0.05) is 13.1 Å². The SMILES string of the molecule is CCOC(=O)[C@@H]1C=C(O)C(=O)N(Cc2ccccc2)C1. The predicted molar refractivity (Wildman–Crippen MR) is 72.7 cm³/mol. The molecule has 0 bridgehead atoms. The summed E-state index contributed by atoms with van der Waals surface area (Å²) in [5.41, 5.74) is 0.943. The minimum absolute atomic E-state index is 0.219. The van der Waals surface area contributed by atoms with Crippen LogP contribution in [0.5, 0.6) is 0 Å². The van der Waals surface area contributed by atoms with Crippen LogP contribution in [0, 0.1) is 5.92 Å². The molecule has 0 saturated heterocycles. The van der Waals surface area contributed by atoms with E-state index < -0.39 is 23.6 Å². The molecule has 106 valence electrons. The molecule has 0 fully saturated rings. The summed E-state index contributed by atoms with van der Waals surface area (Å²) in [6.07, 6.45) is 1.27. The van der Waals surface area contributed by atoms with E-state index in [0.717, 1.165) is 5.56 Å². The Hall–Kier alpha value is -2.30. The van der Waals surface area contributed by atoms with Crippen molar-refractivity contribution in [2.45, 2.75) is 13.5 Å². The summed E-state index contributed by atoms with van der Waals surface area (Å²) >= 11 is 0. The standard InChI is InChI=1S/C15H17NO4/c1-2-20-15(19)12-8-13(17)14(18)16(10-12)9-11-6-4-3-5-7-11/h3-8,12,17H,2,9-10H2,1H3/t12-/m1/s1. The number of carbonyl (C=O) groups excluding carboxylic acids is 2. The monoisotopic (exact) mass is 275 g/mol. The van der Waals surface area contributed by atoms with E-state index in [-0.39, 0.29) is 13.2 Å². The van der Waals surface area contributed by atoms with Crippen molar-refractivity contribution in [1.82, 2.24) is 4.90 Å². The van der Waals surface area contributed by atoms with Crippen LogP contribution < -0.4 is 0 Å². The Bertz CT molecular complexity index is 524. The van der Waals surface area contributed by atoms with Gasteiger partial charge in [-0.1, -0.05) is 30.3 Å². The van der Waals surface area contributed by atoms with Crippen molar-refractivity contribution in [2.24, 2.45) is 5.92 Å². The van der Waals surface area contributed by atoms with Crippen LogP contribution in [0.1, 0.15) is 12.5 Å². The van der Waals surface area contributed by atoms with Crippen molar-refractivity contribution in [3.63, 3.8) is 0 Å². The first-order chi connectivity index (χ1) is 9.61. The molecule has 0 radical (unpaired) electrons. The normalized spacial score (nSPS) is 18.6. The third-order valence-electron chi connectivity index (χ3n) is 3.09. The number of esters is 1. The van der Waals surface area contributed by atoms with Gasteiger partial charge in [0.2, 0.25) is 0 Å². The lowest BCUT2D eigenvalue weighted by molar-refractivity contribution is -0.148. The van der Waals surface area contributed by atoms with Crippen molar-refractivity contribution >= 4 is 11.9 Å². The van der Waals surface area contributed by atoms with E-state index in [0.29, 0.717) is 6.54 Å². The lowest BCUT2D eigenvalue weighted by Crippen LogP contribution is -2.42. The van der Waals surface area contributed by atoms with E-state index in [1.165, 1.54) is 11.0 Å². The highest BCUT2D eigenvalue weighted by Gasteiger charge is 2.31. The minimum Gasteiger partial charge on any atom is -0.503 e. The Morgan fingerprint density at radius 3 is 2.75 bits per heavy atom. The summed E-state index contributed by atoms with van der Waals surface area (Å²) < 4.78 is 4.93. The van der Waals surface area contributed by atoms with Gasteiger partial charge in [-0.2, -0.15) is 0 Å². The number of aliphatic hydroxyl groups is 1. The van der Waals surface area contributed by atoms with Gasteiger partial charge in [-0.25, -0.2) is 0 Å². The summed E-state index contributed by atoms with van der Waals surface area (Å²) in [5, 5.41) is 9.68. The molecule has 2 rings (SSSR count). The quantitative estimate of drug-likeness (QED) is 0.848. The van der Waals surface area contributed by atoms with Crippen molar-refractivity contribution in [3.8, 4) is 0 Å². The first-order valence-corrected chi connectivity index (χ1v) is 6.52. The maximum absolute atomic E-state index is 11.9. The Morgan fingerprint density at radius 1 is 1.40 bits per heavy atom. The number of nitrogens with zero attached hydrogens (tertiary/aromatic N) is 1. The maximum Gasteiger partial charge on any atom is 0.314 e. The lowest BCUT2D eigenvalue weighted by Gasteiger charge is -2.29. The highest BCUT2D eigenvalue weighted by Crippen LogP contribution is 2.18. The summed E-state index contributed by atoms with van der Waals surface area (Å²) in [7, 11) is 0. The fourth-order valence-electron chi connectivity index (χ4n) is 2.13. The molecule has 0 spiro atoms. The van der Waals surface area contributed by atoms with E-state index >= 15 is 0 Å². The maximum atomic E-state index is 11.9. The van der Waals surface area contributed by atoms with Crippen molar-refractivity contribution in [1.29, 1.82) is 0 Å². The molecule has 1 amide bonds. The molecule has 5 nitrogen and oxygen atoms in total. The van der Waals surface area contributed by atoms with Crippen LogP contribution in [0.2, 0.25) is 0 Å². The molecule has 0 aromatic heterocycles. The number of rotatable bonds is 4. The summed E-state index contributed by atoms with van der Waals surface area (Å²) in [4.78, 5) is 25.1. The van der Waals surface area contributed by atoms with E-state index in [1.54, 1.807) is 6.92 Å². The molecule has 1 aliphatic rings. The molecule has 1 N–H and O–H groups in total. The molecule has 1 aromatic rings. The zero-order valence-corrected chi connectivity index (χ0v) is 11.3. The van der Waals surface area contributed by atoms with Crippen LogP contribution in [0.15, 0.2) is 42.2 Å². The smallest absolute Gasteiger partial charge is 0.314 e. The number of ether oxygens (including phenoxy) is 1. The number of aliphatic hydroxyl groups excluding tert-OH is 1. The average molecular weight is 275 g/mol. The average Bonchev–Trinajstić information content (AvgIpc) is 2.45. The van der Waals surface area contributed by atoms with Gasteiger partial charge in [0.05, 0.1) is 12.5 Å². The minimum atomic E-state index is -0.614. The predicted octanol–water partition coefficient (Wildman–Crippen LogP) is 1.65. The number of hydrogen-bond donors (Lipinski definition) is 1. The zero-order chi connectivity index (χ0) is 14.5. The van der Waals surface area contributed by atoms with E-state index in [1.807, 2.05) is 30.3 Å². The second-order valence-corrected chi connectivity index (χ2v) is 4.58.